The van der Waals surface area contributed by atoms with Crippen LogP contribution in [0.3, 0.4) is 0 Å². The Morgan fingerprint density at radius 2 is 1.62 bits per heavy atom. The van der Waals surface area contributed by atoms with Crippen LogP contribution in [-0.2, 0) is 9.59 Å². The number of carbonyl (C=O) groups is 2. The number of aliphatic hydroxyl groups excluding tert-OH is 1. The van der Waals surface area contributed by atoms with Crippen LogP contribution in [0.4, 0.5) is 10.1 Å². The van der Waals surface area contributed by atoms with Gasteiger partial charge in [-0.2, -0.15) is 0 Å². The lowest BCUT2D eigenvalue weighted by Crippen LogP contribution is -2.32. The first kappa shape index (κ1) is 13.9. The highest BCUT2D eigenvalue weighted by Crippen LogP contribution is 2.36. The molecule has 0 atom stereocenters. The van der Waals surface area contributed by atoms with E-state index in [1.807, 2.05) is 0 Å². The van der Waals surface area contributed by atoms with Crippen LogP contribution in [0.1, 0.15) is 37.5 Å². The number of hydrogen-bond donors (Lipinski definition) is 2. The van der Waals surface area contributed by atoms with Crippen molar-refractivity contribution >= 4 is 17.5 Å². The van der Waals surface area contributed by atoms with E-state index in [-0.39, 0.29) is 11.3 Å². The van der Waals surface area contributed by atoms with E-state index < -0.39 is 23.9 Å². The second-order valence-electron chi connectivity index (χ2n) is 5.19. The van der Waals surface area contributed by atoms with Gasteiger partial charge in [-0.1, -0.05) is 6.07 Å². The topological polar surface area (TPSA) is 77.8 Å². The minimum absolute atomic E-state index is 0.0342. The van der Waals surface area contributed by atoms with Crippen LogP contribution in [0.5, 0.6) is 0 Å². The van der Waals surface area contributed by atoms with E-state index in [1.165, 1.54) is 12.1 Å². The van der Waals surface area contributed by atoms with E-state index in [1.54, 1.807) is 0 Å². The number of hydrogen-bond acceptors (Lipinski definition) is 4. The number of halogens is 1. The van der Waals surface area contributed by atoms with Gasteiger partial charge in [-0.3, -0.25) is 9.59 Å². The molecule has 0 unspecified atom stereocenters. The predicted molar refractivity (Wildman–Crippen MR) is 71.6 cm³/mol. The number of rotatable bonds is 2. The molecule has 1 aliphatic carbocycles. The molecule has 0 saturated carbocycles. The molecule has 1 aromatic carbocycles. The highest BCUT2D eigenvalue weighted by atomic mass is 19.1. The predicted octanol–water partition coefficient (Wildman–Crippen LogP) is 1.55. The average Bonchev–Trinajstić information content (AvgIpc) is 2.72. The molecule has 0 aromatic heterocycles. The minimum atomic E-state index is -1.80. The molecular formula is C15H14FNO4. The zero-order valence-corrected chi connectivity index (χ0v) is 11.2. The third-order valence-electron chi connectivity index (χ3n) is 3.90. The smallest absolute Gasteiger partial charge is 0.261 e. The third-order valence-corrected chi connectivity index (χ3v) is 3.90. The fraction of sp³-hybridized carbons (Fsp3) is 0.333. The lowest BCUT2D eigenvalue weighted by molar-refractivity contribution is -0.120. The molecule has 21 heavy (non-hydrogen) atoms. The van der Waals surface area contributed by atoms with Crippen molar-refractivity contribution in [1.29, 1.82) is 0 Å². The van der Waals surface area contributed by atoms with Gasteiger partial charge in [0, 0.05) is 16.7 Å². The summed E-state index contributed by atoms with van der Waals surface area (Å²) in [6, 6.07) is 3.41. The van der Waals surface area contributed by atoms with Crippen LogP contribution in [0.2, 0.25) is 0 Å². The summed E-state index contributed by atoms with van der Waals surface area (Å²) in [5, 5.41) is 18.0. The molecule has 0 spiro atoms. The molecule has 0 bridgehead atoms. The summed E-state index contributed by atoms with van der Waals surface area (Å²) < 4.78 is 14.1. The Kier molecular flexibility index (Phi) is 3.35. The Labute approximate surface area is 120 Å². The Balaban J connectivity index is 1.99. The lowest BCUT2D eigenvalue weighted by Gasteiger charge is -2.17. The molecule has 2 amide bonds. The highest BCUT2D eigenvalue weighted by molar-refractivity contribution is 6.33. The van der Waals surface area contributed by atoms with Gasteiger partial charge < -0.3 is 10.2 Å². The summed E-state index contributed by atoms with van der Waals surface area (Å²) in [5.74, 6) is -1.76. The molecule has 1 heterocycles. The van der Waals surface area contributed by atoms with Gasteiger partial charge in [-0.25, -0.2) is 9.29 Å². The van der Waals surface area contributed by atoms with Gasteiger partial charge >= 0.3 is 0 Å². The summed E-state index contributed by atoms with van der Waals surface area (Å²) in [6.07, 6.45) is 0.995. The molecule has 0 fully saturated rings. The monoisotopic (exact) mass is 291 g/mol. The summed E-state index contributed by atoms with van der Waals surface area (Å²) in [7, 11) is 0. The fourth-order valence-electron chi connectivity index (χ4n) is 2.82. The maximum Gasteiger partial charge on any atom is 0.261 e. The number of anilines is 1. The van der Waals surface area contributed by atoms with E-state index in [0.29, 0.717) is 24.0 Å². The van der Waals surface area contributed by atoms with Crippen molar-refractivity contribution < 1.29 is 24.2 Å². The Morgan fingerprint density at radius 1 is 1.05 bits per heavy atom. The van der Waals surface area contributed by atoms with Crippen molar-refractivity contribution in [3.63, 3.8) is 0 Å². The van der Waals surface area contributed by atoms with Crippen molar-refractivity contribution in [2.75, 3.05) is 4.90 Å². The van der Waals surface area contributed by atoms with Crippen LogP contribution in [-0.4, -0.2) is 22.0 Å². The largest absolute Gasteiger partial charge is 0.364 e. The van der Waals surface area contributed by atoms with Gasteiger partial charge in [0.25, 0.3) is 11.8 Å². The number of nitrogens with zero attached hydrogens (tertiary/aromatic N) is 1. The van der Waals surface area contributed by atoms with E-state index in [4.69, 9.17) is 10.2 Å². The van der Waals surface area contributed by atoms with Crippen LogP contribution in [0.15, 0.2) is 29.3 Å². The summed E-state index contributed by atoms with van der Waals surface area (Å²) >= 11 is 0. The van der Waals surface area contributed by atoms with E-state index in [9.17, 15) is 14.0 Å². The van der Waals surface area contributed by atoms with Gasteiger partial charge in [0.1, 0.15) is 5.82 Å². The number of aliphatic hydroxyl groups is 2. The second kappa shape index (κ2) is 5.05. The summed E-state index contributed by atoms with van der Waals surface area (Å²) in [4.78, 5) is 25.5. The van der Waals surface area contributed by atoms with Gasteiger partial charge in [-0.05, 0) is 37.8 Å². The normalized spacial score (nSPS) is 18.8. The summed E-state index contributed by atoms with van der Waals surface area (Å²) in [5.41, 5.74) is 0.783. The number of carbonyl (C=O) groups excluding carboxylic acids is 2. The second-order valence-corrected chi connectivity index (χ2v) is 5.19. The third kappa shape index (κ3) is 2.16. The molecule has 0 saturated heterocycles. The number of imide groups is 1. The van der Waals surface area contributed by atoms with Crippen LogP contribution >= 0.6 is 0 Å². The molecule has 0 radical (unpaired) electrons. The van der Waals surface area contributed by atoms with E-state index >= 15 is 0 Å². The Morgan fingerprint density at radius 3 is 2.10 bits per heavy atom. The first-order valence-electron chi connectivity index (χ1n) is 6.77. The lowest BCUT2D eigenvalue weighted by atomic mass is 9.93. The SMILES string of the molecule is O=C1C2=C(CCCC2)C(=O)N1c1ccc(C(O)O)cc1F. The zero-order valence-electron chi connectivity index (χ0n) is 11.2. The number of amides is 2. The minimum Gasteiger partial charge on any atom is -0.364 e. The van der Waals surface area contributed by atoms with Gasteiger partial charge in [0.2, 0.25) is 0 Å². The van der Waals surface area contributed by atoms with Gasteiger partial charge in [-0.15, -0.1) is 0 Å². The van der Waals surface area contributed by atoms with E-state index in [0.717, 1.165) is 23.8 Å². The fourth-order valence-corrected chi connectivity index (χ4v) is 2.82. The van der Waals surface area contributed by atoms with Crippen molar-refractivity contribution in [2.45, 2.75) is 32.0 Å². The van der Waals surface area contributed by atoms with Crippen LogP contribution in [0.25, 0.3) is 0 Å². The molecular weight excluding hydrogens is 277 g/mol. The van der Waals surface area contributed by atoms with Gasteiger partial charge in [0.15, 0.2) is 6.29 Å². The molecule has 6 heteroatoms. The van der Waals surface area contributed by atoms with Crippen molar-refractivity contribution in [3.8, 4) is 0 Å². The molecule has 2 aliphatic rings. The highest BCUT2D eigenvalue weighted by Gasteiger charge is 2.40. The first-order chi connectivity index (χ1) is 10.0. The van der Waals surface area contributed by atoms with Crippen molar-refractivity contribution in [1.82, 2.24) is 0 Å². The van der Waals surface area contributed by atoms with Crippen molar-refractivity contribution in [2.24, 2.45) is 0 Å². The van der Waals surface area contributed by atoms with Crippen LogP contribution in [0, 0.1) is 5.82 Å². The summed E-state index contributed by atoms with van der Waals surface area (Å²) in [6.45, 7) is 0. The molecule has 1 aromatic rings. The molecule has 5 nitrogen and oxygen atoms in total. The Bertz CT molecular complexity index is 638. The molecule has 1 aliphatic heterocycles. The maximum atomic E-state index is 14.1. The maximum absolute atomic E-state index is 14.1. The van der Waals surface area contributed by atoms with Crippen molar-refractivity contribution in [3.05, 3.63) is 40.7 Å². The van der Waals surface area contributed by atoms with E-state index in [2.05, 4.69) is 0 Å². The first-order valence-corrected chi connectivity index (χ1v) is 6.77. The van der Waals surface area contributed by atoms with Gasteiger partial charge in [0.05, 0.1) is 5.69 Å². The average molecular weight is 291 g/mol. The molecule has 2 N–H and O–H groups in total. The quantitative estimate of drug-likeness (QED) is 0.640. The zero-order chi connectivity index (χ0) is 15.1. The number of benzene rings is 1. The standard InChI is InChI=1S/C15H14FNO4/c16-11-7-8(15(20)21)5-6-12(11)17-13(18)9-3-1-2-4-10(9)14(17)19/h5-7,15,20-21H,1-4H2. The van der Waals surface area contributed by atoms with Crippen LogP contribution < -0.4 is 4.90 Å². The molecule has 110 valence electrons. The molecule has 3 rings (SSSR count). The Hall–Kier alpha value is -2.05.